The number of thiazole rings is 1. The Morgan fingerprint density at radius 2 is 2.62 bits per heavy atom. The van der Waals surface area contributed by atoms with Crippen molar-refractivity contribution in [1.82, 2.24) is 9.38 Å². The predicted octanol–water partition coefficient (Wildman–Crippen LogP) is 1.46. The van der Waals surface area contributed by atoms with Crippen molar-refractivity contribution in [3.05, 3.63) is 23.6 Å². The fraction of sp³-hybridized carbons (Fsp3) is 0.250. The molecule has 0 aliphatic heterocycles. The van der Waals surface area contributed by atoms with Gasteiger partial charge in [0, 0.05) is 12.3 Å². The summed E-state index contributed by atoms with van der Waals surface area (Å²) in [7, 11) is 0. The lowest BCUT2D eigenvalue weighted by Crippen LogP contribution is -2.00. The van der Waals surface area contributed by atoms with Crippen molar-refractivity contribution >= 4 is 22.1 Å². The number of rotatable bonds is 2. The molecule has 0 N–H and O–H groups in total. The molecule has 0 fully saturated rings. The minimum absolute atomic E-state index is 0.264. The highest BCUT2D eigenvalue weighted by atomic mass is 32.1. The molecule has 0 amide bonds. The summed E-state index contributed by atoms with van der Waals surface area (Å²) in [5.74, 6) is -0.264. The Labute approximate surface area is 78.8 Å². The molecule has 5 heteroatoms. The van der Waals surface area contributed by atoms with E-state index in [1.54, 1.807) is 23.9 Å². The summed E-state index contributed by atoms with van der Waals surface area (Å²) < 4.78 is 6.79. The van der Waals surface area contributed by atoms with E-state index in [4.69, 9.17) is 4.74 Å². The van der Waals surface area contributed by atoms with Crippen LogP contribution in [-0.4, -0.2) is 15.4 Å². The quantitative estimate of drug-likeness (QED) is 0.683. The van der Waals surface area contributed by atoms with E-state index in [9.17, 15) is 4.79 Å². The van der Waals surface area contributed by atoms with Crippen LogP contribution in [0.1, 0.15) is 12.6 Å². The SMILES string of the molecule is CC(=O)OCc1csc2cncn12. The molecule has 0 saturated heterocycles. The summed E-state index contributed by atoms with van der Waals surface area (Å²) in [5, 5.41) is 1.96. The smallest absolute Gasteiger partial charge is 0.303 e. The molecule has 2 heterocycles. The number of hydrogen-bond acceptors (Lipinski definition) is 4. The molecule has 0 spiro atoms. The van der Waals surface area contributed by atoms with Gasteiger partial charge in [-0.1, -0.05) is 0 Å². The molecule has 2 rings (SSSR count). The highest BCUT2D eigenvalue weighted by molar-refractivity contribution is 7.15. The van der Waals surface area contributed by atoms with Gasteiger partial charge in [-0.3, -0.25) is 9.20 Å². The Hall–Kier alpha value is -1.36. The number of carbonyl (C=O) groups excluding carboxylic acids is 1. The average Bonchev–Trinajstić information content (AvgIpc) is 2.60. The predicted molar refractivity (Wildman–Crippen MR) is 48.5 cm³/mol. The molecule has 4 nitrogen and oxygen atoms in total. The van der Waals surface area contributed by atoms with E-state index in [-0.39, 0.29) is 5.97 Å². The molecule has 2 aromatic rings. The first-order chi connectivity index (χ1) is 6.27. The van der Waals surface area contributed by atoms with E-state index in [0.29, 0.717) is 6.61 Å². The van der Waals surface area contributed by atoms with Crippen LogP contribution < -0.4 is 0 Å². The Kier molecular flexibility index (Phi) is 2.02. The molecule has 0 saturated carbocycles. The number of imidazole rings is 1. The maximum absolute atomic E-state index is 10.6. The third-order valence-corrected chi connectivity index (χ3v) is 2.59. The fourth-order valence-corrected chi connectivity index (χ4v) is 1.89. The first-order valence-corrected chi connectivity index (χ1v) is 4.67. The number of carbonyl (C=O) groups is 1. The van der Waals surface area contributed by atoms with Gasteiger partial charge in [0.15, 0.2) is 0 Å². The second-order valence-electron chi connectivity index (χ2n) is 2.61. The topological polar surface area (TPSA) is 43.6 Å². The van der Waals surface area contributed by atoms with Gasteiger partial charge in [0.2, 0.25) is 0 Å². The van der Waals surface area contributed by atoms with Crippen LogP contribution in [0.15, 0.2) is 17.9 Å². The van der Waals surface area contributed by atoms with Gasteiger partial charge in [-0.25, -0.2) is 4.98 Å². The lowest BCUT2D eigenvalue weighted by atomic mass is 10.5. The number of hydrogen-bond donors (Lipinski definition) is 0. The summed E-state index contributed by atoms with van der Waals surface area (Å²) in [6.07, 6.45) is 3.49. The summed E-state index contributed by atoms with van der Waals surface area (Å²) in [4.78, 5) is 15.6. The Balaban J connectivity index is 2.23. The van der Waals surface area contributed by atoms with Crippen molar-refractivity contribution < 1.29 is 9.53 Å². The van der Waals surface area contributed by atoms with E-state index < -0.39 is 0 Å². The number of esters is 1. The minimum Gasteiger partial charge on any atom is -0.459 e. The highest BCUT2D eigenvalue weighted by Gasteiger charge is 2.04. The number of nitrogens with zero attached hydrogens (tertiary/aromatic N) is 2. The lowest BCUT2D eigenvalue weighted by Gasteiger charge is -1.99. The van der Waals surface area contributed by atoms with Gasteiger partial charge in [0.25, 0.3) is 0 Å². The van der Waals surface area contributed by atoms with Crippen molar-refractivity contribution in [2.75, 3.05) is 0 Å². The minimum atomic E-state index is -0.264. The maximum atomic E-state index is 10.6. The van der Waals surface area contributed by atoms with E-state index in [0.717, 1.165) is 10.5 Å². The summed E-state index contributed by atoms with van der Waals surface area (Å²) >= 11 is 1.58. The van der Waals surface area contributed by atoms with Crippen LogP contribution in [0, 0.1) is 0 Å². The second kappa shape index (κ2) is 3.18. The molecule has 68 valence electrons. The molecule has 0 radical (unpaired) electrons. The largest absolute Gasteiger partial charge is 0.459 e. The Morgan fingerprint density at radius 3 is 3.38 bits per heavy atom. The third-order valence-electron chi connectivity index (χ3n) is 1.65. The first-order valence-electron chi connectivity index (χ1n) is 3.79. The average molecular weight is 196 g/mol. The third kappa shape index (κ3) is 1.55. The number of fused-ring (bicyclic) bond motifs is 1. The Morgan fingerprint density at radius 1 is 1.77 bits per heavy atom. The number of ether oxygens (including phenoxy) is 1. The van der Waals surface area contributed by atoms with E-state index in [2.05, 4.69) is 4.98 Å². The molecule has 0 aliphatic carbocycles. The van der Waals surface area contributed by atoms with Crippen molar-refractivity contribution in [2.45, 2.75) is 13.5 Å². The van der Waals surface area contributed by atoms with Crippen molar-refractivity contribution in [1.29, 1.82) is 0 Å². The van der Waals surface area contributed by atoms with Crippen LogP contribution in [-0.2, 0) is 16.1 Å². The number of aromatic nitrogens is 2. The zero-order chi connectivity index (χ0) is 9.26. The second-order valence-corrected chi connectivity index (χ2v) is 3.50. The van der Waals surface area contributed by atoms with Crippen molar-refractivity contribution in [3.63, 3.8) is 0 Å². The molecule has 2 aromatic heterocycles. The molecule has 0 aromatic carbocycles. The lowest BCUT2D eigenvalue weighted by molar-refractivity contribution is -0.142. The van der Waals surface area contributed by atoms with E-state index in [1.165, 1.54) is 6.92 Å². The van der Waals surface area contributed by atoms with Gasteiger partial charge in [-0.2, -0.15) is 0 Å². The zero-order valence-electron chi connectivity index (χ0n) is 7.06. The Bertz CT molecular complexity index is 432. The monoisotopic (exact) mass is 196 g/mol. The van der Waals surface area contributed by atoms with Gasteiger partial charge >= 0.3 is 5.97 Å². The van der Waals surface area contributed by atoms with Crippen molar-refractivity contribution in [3.8, 4) is 0 Å². The van der Waals surface area contributed by atoms with Crippen LogP contribution in [0.25, 0.3) is 4.83 Å². The van der Waals surface area contributed by atoms with E-state index >= 15 is 0 Å². The normalized spacial score (nSPS) is 10.5. The summed E-state index contributed by atoms with van der Waals surface area (Å²) in [5.41, 5.74) is 0.952. The van der Waals surface area contributed by atoms with Gasteiger partial charge in [0.05, 0.1) is 11.9 Å². The van der Waals surface area contributed by atoms with Gasteiger partial charge in [-0.05, 0) is 0 Å². The summed E-state index contributed by atoms with van der Waals surface area (Å²) in [6.45, 7) is 1.71. The molecule has 13 heavy (non-hydrogen) atoms. The van der Waals surface area contributed by atoms with Gasteiger partial charge in [-0.15, -0.1) is 11.3 Å². The molecule has 0 aliphatic rings. The van der Waals surface area contributed by atoms with Crippen molar-refractivity contribution in [2.24, 2.45) is 0 Å². The molecular weight excluding hydrogens is 188 g/mol. The highest BCUT2D eigenvalue weighted by Crippen LogP contribution is 2.16. The molecule has 0 atom stereocenters. The van der Waals surface area contributed by atoms with Gasteiger partial charge < -0.3 is 4.74 Å². The fourth-order valence-electron chi connectivity index (χ4n) is 1.05. The van der Waals surface area contributed by atoms with Crippen LogP contribution in [0.3, 0.4) is 0 Å². The van der Waals surface area contributed by atoms with E-state index in [1.807, 2.05) is 9.78 Å². The first kappa shape index (κ1) is 8.25. The maximum Gasteiger partial charge on any atom is 0.303 e. The standard InChI is InChI=1S/C8H8N2O2S/c1-6(11)12-3-7-4-13-8-2-9-5-10(7)8/h2,4-5H,3H2,1H3. The van der Waals surface area contributed by atoms with Crippen LogP contribution in [0.5, 0.6) is 0 Å². The van der Waals surface area contributed by atoms with Crippen LogP contribution in [0.2, 0.25) is 0 Å². The van der Waals surface area contributed by atoms with Gasteiger partial charge in [0.1, 0.15) is 17.8 Å². The molecule has 0 unspecified atom stereocenters. The van der Waals surface area contributed by atoms with Crippen LogP contribution >= 0.6 is 11.3 Å². The summed E-state index contributed by atoms with van der Waals surface area (Å²) in [6, 6.07) is 0. The zero-order valence-corrected chi connectivity index (χ0v) is 7.87. The molecule has 0 bridgehead atoms. The molecular formula is C8H8N2O2S. The van der Waals surface area contributed by atoms with Crippen LogP contribution in [0.4, 0.5) is 0 Å².